The van der Waals surface area contributed by atoms with Gasteiger partial charge in [-0.2, -0.15) is 0 Å². The van der Waals surface area contributed by atoms with E-state index in [-0.39, 0.29) is 17.5 Å². The lowest BCUT2D eigenvalue weighted by Crippen LogP contribution is -2.37. The molecule has 1 heterocycles. The zero-order valence-corrected chi connectivity index (χ0v) is 14.7. The number of amides is 1. The first kappa shape index (κ1) is 18.7. The lowest BCUT2D eigenvalue weighted by Gasteiger charge is -2.12. The predicted molar refractivity (Wildman–Crippen MR) is 95.0 cm³/mol. The molecule has 2 rings (SSSR count). The van der Waals surface area contributed by atoms with Crippen LogP contribution in [-0.2, 0) is 11.3 Å². The van der Waals surface area contributed by atoms with E-state index in [4.69, 9.17) is 15.2 Å². The molecule has 0 bridgehead atoms. The van der Waals surface area contributed by atoms with Gasteiger partial charge in [-0.25, -0.2) is 4.98 Å². The number of fused-ring (bicyclic) bond motifs is 1. The van der Waals surface area contributed by atoms with Crippen LogP contribution in [0.25, 0.3) is 10.9 Å². The third-order valence-electron chi connectivity index (χ3n) is 3.89. The van der Waals surface area contributed by atoms with Gasteiger partial charge in [-0.3, -0.25) is 14.2 Å². The number of nitrogens with two attached hydrogens (primary N) is 1. The summed E-state index contributed by atoms with van der Waals surface area (Å²) in [5.41, 5.74) is 5.83. The van der Waals surface area contributed by atoms with E-state index in [9.17, 15) is 9.59 Å². The maximum absolute atomic E-state index is 12.6. The number of carbonyl (C=O) groups excluding carboxylic acids is 1. The van der Waals surface area contributed by atoms with Crippen molar-refractivity contribution in [2.45, 2.75) is 32.4 Å². The Morgan fingerprint density at radius 2 is 2.00 bits per heavy atom. The summed E-state index contributed by atoms with van der Waals surface area (Å²) in [6, 6.07) is 3.23. The lowest BCUT2D eigenvalue weighted by atomic mass is 10.2. The zero-order chi connectivity index (χ0) is 18.4. The predicted octanol–water partition coefficient (Wildman–Crippen LogP) is 0.657. The number of ether oxygens (including phenoxy) is 2. The minimum absolute atomic E-state index is 0.0556. The van der Waals surface area contributed by atoms with E-state index in [0.29, 0.717) is 48.3 Å². The number of aromatic nitrogens is 2. The van der Waals surface area contributed by atoms with Gasteiger partial charge in [0.1, 0.15) is 0 Å². The Hall–Kier alpha value is -2.61. The Labute approximate surface area is 145 Å². The first-order valence-corrected chi connectivity index (χ1v) is 8.10. The molecule has 0 aliphatic carbocycles. The second-order valence-corrected chi connectivity index (χ2v) is 5.78. The molecule has 1 atom stereocenters. The molecule has 25 heavy (non-hydrogen) atoms. The second-order valence-electron chi connectivity index (χ2n) is 5.78. The molecule has 0 spiro atoms. The minimum atomic E-state index is -0.179. The average molecular weight is 348 g/mol. The van der Waals surface area contributed by atoms with E-state index in [2.05, 4.69) is 10.3 Å². The van der Waals surface area contributed by atoms with Crippen LogP contribution in [0.1, 0.15) is 19.8 Å². The van der Waals surface area contributed by atoms with Gasteiger partial charge in [-0.1, -0.05) is 0 Å². The van der Waals surface area contributed by atoms with Crippen LogP contribution >= 0.6 is 0 Å². The SMILES string of the molecule is COc1cc2ncn(CCCC(=O)N[C@@H](C)CN)c(=O)c2cc1OC. The molecule has 2 aromatic rings. The number of aryl methyl sites for hydroxylation is 1. The topological polar surface area (TPSA) is 108 Å². The zero-order valence-electron chi connectivity index (χ0n) is 14.7. The molecule has 1 aromatic heterocycles. The molecule has 0 saturated carbocycles. The van der Waals surface area contributed by atoms with Gasteiger partial charge in [0.15, 0.2) is 11.5 Å². The highest BCUT2D eigenvalue weighted by atomic mass is 16.5. The highest BCUT2D eigenvalue weighted by molar-refractivity contribution is 5.81. The van der Waals surface area contributed by atoms with E-state index >= 15 is 0 Å². The Morgan fingerprint density at radius 1 is 1.32 bits per heavy atom. The average Bonchev–Trinajstić information content (AvgIpc) is 2.62. The number of nitrogens with one attached hydrogen (secondary N) is 1. The Balaban J connectivity index is 2.13. The van der Waals surface area contributed by atoms with Crippen molar-refractivity contribution in [3.63, 3.8) is 0 Å². The Bertz CT molecular complexity index is 803. The number of nitrogens with zero attached hydrogens (tertiary/aromatic N) is 2. The van der Waals surface area contributed by atoms with Gasteiger partial charge in [0.05, 0.1) is 31.4 Å². The van der Waals surface area contributed by atoms with Gasteiger partial charge >= 0.3 is 0 Å². The van der Waals surface area contributed by atoms with Gasteiger partial charge in [-0.15, -0.1) is 0 Å². The third kappa shape index (κ3) is 4.48. The van der Waals surface area contributed by atoms with Crippen molar-refractivity contribution < 1.29 is 14.3 Å². The summed E-state index contributed by atoms with van der Waals surface area (Å²) in [7, 11) is 3.04. The van der Waals surface area contributed by atoms with E-state index in [1.54, 1.807) is 12.1 Å². The summed E-state index contributed by atoms with van der Waals surface area (Å²) < 4.78 is 11.9. The van der Waals surface area contributed by atoms with Crippen molar-refractivity contribution in [3.8, 4) is 11.5 Å². The van der Waals surface area contributed by atoms with Gasteiger partial charge in [0, 0.05) is 31.6 Å². The normalized spacial score (nSPS) is 12.0. The van der Waals surface area contributed by atoms with E-state index in [1.807, 2.05) is 6.92 Å². The van der Waals surface area contributed by atoms with E-state index in [0.717, 1.165) is 0 Å². The molecule has 0 aliphatic heterocycles. The fourth-order valence-electron chi connectivity index (χ4n) is 2.46. The van der Waals surface area contributed by atoms with Crippen LogP contribution in [0.4, 0.5) is 0 Å². The molecule has 0 saturated heterocycles. The summed E-state index contributed by atoms with van der Waals surface area (Å²) in [6.45, 7) is 2.64. The summed E-state index contributed by atoms with van der Waals surface area (Å²) in [5.74, 6) is 0.915. The second kappa shape index (κ2) is 8.48. The minimum Gasteiger partial charge on any atom is -0.493 e. The molecule has 0 radical (unpaired) electrons. The fourth-order valence-corrected chi connectivity index (χ4v) is 2.46. The summed E-state index contributed by atoms with van der Waals surface area (Å²) >= 11 is 0. The van der Waals surface area contributed by atoms with Crippen LogP contribution in [0.2, 0.25) is 0 Å². The van der Waals surface area contributed by atoms with Crippen molar-refractivity contribution in [2.75, 3.05) is 20.8 Å². The quantitative estimate of drug-likeness (QED) is 0.725. The smallest absolute Gasteiger partial charge is 0.261 e. The van der Waals surface area contributed by atoms with Crippen LogP contribution in [0, 0.1) is 0 Å². The van der Waals surface area contributed by atoms with Crippen molar-refractivity contribution in [1.29, 1.82) is 0 Å². The highest BCUT2D eigenvalue weighted by Gasteiger charge is 2.11. The monoisotopic (exact) mass is 348 g/mol. The van der Waals surface area contributed by atoms with Crippen molar-refractivity contribution in [3.05, 3.63) is 28.8 Å². The van der Waals surface area contributed by atoms with Crippen molar-refractivity contribution >= 4 is 16.8 Å². The number of benzene rings is 1. The van der Waals surface area contributed by atoms with E-state index in [1.165, 1.54) is 25.1 Å². The molecular weight excluding hydrogens is 324 g/mol. The molecule has 0 aliphatic rings. The van der Waals surface area contributed by atoms with Gasteiger partial charge in [0.2, 0.25) is 5.91 Å². The number of rotatable bonds is 8. The van der Waals surface area contributed by atoms with E-state index < -0.39 is 0 Å². The number of carbonyl (C=O) groups is 1. The van der Waals surface area contributed by atoms with Gasteiger partial charge in [-0.05, 0) is 19.4 Å². The van der Waals surface area contributed by atoms with Crippen molar-refractivity contribution in [2.24, 2.45) is 5.73 Å². The Morgan fingerprint density at radius 3 is 2.64 bits per heavy atom. The molecule has 3 N–H and O–H groups in total. The number of hydrogen-bond donors (Lipinski definition) is 2. The first-order chi connectivity index (χ1) is 12.0. The fraction of sp³-hybridized carbons (Fsp3) is 0.471. The first-order valence-electron chi connectivity index (χ1n) is 8.10. The van der Waals surface area contributed by atoms with Crippen LogP contribution < -0.4 is 26.1 Å². The molecular formula is C17H24N4O4. The van der Waals surface area contributed by atoms with Crippen LogP contribution in [0.3, 0.4) is 0 Å². The maximum atomic E-state index is 12.6. The lowest BCUT2D eigenvalue weighted by molar-refractivity contribution is -0.121. The molecule has 1 amide bonds. The summed E-state index contributed by atoms with van der Waals surface area (Å²) in [4.78, 5) is 28.7. The summed E-state index contributed by atoms with van der Waals surface area (Å²) in [6.07, 6.45) is 2.33. The number of methoxy groups -OCH3 is 2. The molecule has 136 valence electrons. The third-order valence-corrected chi connectivity index (χ3v) is 3.89. The highest BCUT2D eigenvalue weighted by Crippen LogP contribution is 2.29. The van der Waals surface area contributed by atoms with Crippen LogP contribution in [0.5, 0.6) is 11.5 Å². The van der Waals surface area contributed by atoms with Gasteiger partial charge < -0.3 is 20.5 Å². The Kier molecular flexibility index (Phi) is 6.35. The maximum Gasteiger partial charge on any atom is 0.261 e. The van der Waals surface area contributed by atoms with Gasteiger partial charge in [0.25, 0.3) is 5.56 Å². The van der Waals surface area contributed by atoms with Crippen LogP contribution in [0.15, 0.2) is 23.3 Å². The molecule has 0 unspecified atom stereocenters. The molecule has 1 aromatic carbocycles. The molecule has 8 heteroatoms. The molecule has 8 nitrogen and oxygen atoms in total. The van der Waals surface area contributed by atoms with Crippen molar-refractivity contribution in [1.82, 2.24) is 14.9 Å². The standard InChI is InChI=1S/C17H24N4O4/c1-11(9-18)20-16(22)5-4-6-21-10-19-13-8-15(25-3)14(24-2)7-12(13)17(21)23/h7-8,10-11H,4-6,9,18H2,1-3H3,(H,20,22)/t11-/m0/s1. The summed E-state index contributed by atoms with van der Waals surface area (Å²) in [5, 5.41) is 3.24. The molecule has 0 fully saturated rings. The largest absolute Gasteiger partial charge is 0.493 e. The van der Waals surface area contributed by atoms with Crippen LogP contribution in [-0.4, -0.2) is 42.3 Å². The number of hydrogen-bond acceptors (Lipinski definition) is 6.